The van der Waals surface area contributed by atoms with Crippen molar-refractivity contribution in [2.45, 2.75) is 12.8 Å². The van der Waals surface area contributed by atoms with Gasteiger partial charge in [-0.25, -0.2) is 0 Å². The molecule has 2 N–H and O–H groups in total. The van der Waals surface area contributed by atoms with Crippen molar-refractivity contribution in [1.82, 2.24) is 10.6 Å². The van der Waals surface area contributed by atoms with Crippen LogP contribution in [0.1, 0.15) is 12.0 Å². The number of rotatable bonds is 9. The van der Waals surface area contributed by atoms with Gasteiger partial charge in [-0.15, -0.1) is 0 Å². The molecule has 0 heterocycles. The van der Waals surface area contributed by atoms with E-state index in [0.717, 1.165) is 13.0 Å². The zero-order valence-electron chi connectivity index (χ0n) is 10.9. The first-order valence-electron chi connectivity index (χ1n) is 6.33. The molecule has 0 atom stereocenters. The number of carbonyl (C=O) groups is 1. The Morgan fingerprint density at radius 3 is 2.67 bits per heavy atom. The summed E-state index contributed by atoms with van der Waals surface area (Å²) in [5.41, 5.74) is 1.31. The molecule has 1 aromatic rings. The van der Waals surface area contributed by atoms with Crippen LogP contribution in [-0.2, 0) is 16.0 Å². The number of nitrogens with one attached hydrogen (secondary N) is 2. The monoisotopic (exact) mass is 250 g/mol. The molecule has 0 bridgehead atoms. The van der Waals surface area contributed by atoms with Gasteiger partial charge in [-0.1, -0.05) is 30.3 Å². The highest BCUT2D eigenvalue weighted by molar-refractivity contribution is 5.75. The fourth-order valence-electron chi connectivity index (χ4n) is 1.59. The largest absolute Gasteiger partial charge is 0.383 e. The number of carbonyl (C=O) groups excluding carboxylic acids is 1. The molecule has 0 radical (unpaired) electrons. The van der Waals surface area contributed by atoms with Gasteiger partial charge in [0, 0.05) is 26.6 Å². The maximum absolute atomic E-state index is 11.3. The highest BCUT2D eigenvalue weighted by atomic mass is 16.5. The standard InChI is InChI=1S/C14H22N2O2/c1-18-12-11-16-14(17)8-10-15-9-7-13-5-3-2-4-6-13/h2-6,15H,7-12H2,1H3,(H,16,17). The highest BCUT2D eigenvalue weighted by Gasteiger charge is 1.99. The molecule has 0 aliphatic heterocycles. The Balaban J connectivity index is 1.97. The molecule has 0 saturated heterocycles. The first kappa shape index (κ1) is 14.7. The summed E-state index contributed by atoms with van der Waals surface area (Å²) < 4.78 is 4.85. The fraction of sp³-hybridized carbons (Fsp3) is 0.500. The van der Waals surface area contributed by atoms with Gasteiger partial charge in [0.15, 0.2) is 0 Å². The van der Waals surface area contributed by atoms with Crippen molar-refractivity contribution in [2.24, 2.45) is 0 Å². The van der Waals surface area contributed by atoms with Crippen molar-refractivity contribution in [1.29, 1.82) is 0 Å². The summed E-state index contributed by atoms with van der Waals surface area (Å²) in [5.74, 6) is 0.0688. The molecule has 0 unspecified atom stereocenters. The van der Waals surface area contributed by atoms with Crippen LogP contribution in [0.5, 0.6) is 0 Å². The first-order chi connectivity index (χ1) is 8.83. The van der Waals surface area contributed by atoms with Crippen LogP contribution in [0.4, 0.5) is 0 Å². The van der Waals surface area contributed by atoms with Crippen LogP contribution >= 0.6 is 0 Å². The van der Waals surface area contributed by atoms with Crippen LogP contribution in [0.15, 0.2) is 30.3 Å². The molecule has 0 aliphatic rings. The van der Waals surface area contributed by atoms with Crippen LogP contribution in [0, 0.1) is 0 Å². The lowest BCUT2D eigenvalue weighted by Gasteiger charge is -2.06. The zero-order valence-corrected chi connectivity index (χ0v) is 10.9. The normalized spacial score (nSPS) is 10.3. The minimum absolute atomic E-state index is 0.0688. The van der Waals surface area contributed by atoms with Crippen LogP contribution in [0.2, 0.25) is 0 Å². The smallest absolute Gasteiger partial charge is 0.221 e. The lowest BCUT2D eigenvalue weighted by atomic mass is 10.1. The third-order valence-corrected chi connectivity index (χ3v) is 2.59. The van der Waals surface area contributed by atoms with E-state index < -0.39 is 0 Å². The van der Waals surface area contributed by atoms with E-state index in [9.17, 15) is 4.79 Å². The predicted octanol–water partition coefficient (Wildman–Crippen LogP) is 0.971. The molecule has 1 aromatic carbocycles. The van der Waals surface area contributed by atoms with Crippen LogP contribution in [-0.4, -0.2) is 39.3 Å². The molecular formula is C14H22N2O2. The van der Waals surface area contributed by atoms with Gasteiger partial charge in [0.25, 0.3) is 0 Å². The molecule has 18 heavy (non-hydrogen) atoms. The summed E-state index contributed by atoms with van der Waals surface area (Å²) in [4.78, 5) is 11.3. The Hall–Kier alpha value is -1.39. The zero-order chi connectivity index (χ0) is 13.1. The molecule has 0 saturated carbocycles. The second-order valence-electron chi connectivity index (χ2n) is 4.08. The molecular weight excluding hydrogens is 228 g/mol. The summed E-state index contributed by atoms with van der Waals surface area (Å²) in [6.07, 6.45) is 1.50. The minimum atomic E-state index is 0.0688. The van der Waals surface area contributed by atoms with Crippen molar-refractivity contribution < 1.29 is 9.53 Å². The van der Waals surface area contributed by atoms with E-state index in [1.54, 1.807) is 7.11 Å². The fourth-order valence-corrected chi connectivity index (χ4v) is 1.59. The van der Waals surface area contributed by atoms with Crippen molar-refractivity contribution in [3.05, 3.63) is 35.9 Å². The Morgan fingerprint density at radius 1 is 1.17 bits per heavy atom. The van der Waals surface area contributed by atoms with E-state index in [1.165, 1.54) is 5.56 Å². The minimum Gasteiger partial charge on any atom is -0.383 e. The molecule has 0 spiro atoms. The van der Waals surface area contributed by atoms with E-state index in [1.807, 2.05) is 18.2 Å². The van der Waals surface area contributed by atoms with Crippen molar-refractivity contribution in [3.8, 4) is 0 Å². The van der Waals surface area contributed by atoms with Crippen LogP contribution in [0.3, 0.4) is 0 Å². The molecule has 1 rings (SSSR count). The number of amides is 1. The van der Waals surface area contributed by atoms with Gasteiger partial charge in [0.05, 0.1) is 6.61 Å². The van der Waals surface area contributed by atoms with Gasteiger partial charge in [-0.3, -0.25) is 4.79 Å². The van der Waals surface area contributed by atoms with E-state index >= 15 is 0 Å². The second-order valence-corrected chi connectivity index (χ2v) is 4.08. The maximum Gasteiger partial charge on any atom is 0.221 e. The summed E-state index contributed by atoms with van der Waals surface area (Å²) in [5, 5.41) is 6.05. The van der Waals surface area contributed by atoms with Crippen molar-refractivity contribution in [2.75, 3.05) is 33.4 Å². The van der Waals surface area contributed by atoms with Gasteiger partial charge in [-0.05, 0) is 18.5 Å². The number of methoxy groups -OCH3 is 1. The Bertz CT molecular complexity index is 328. The van der Waals surface area contributed by atoms with Gasteiger partial charge in [0.1, 0.15) is 0 Å². The van der Waals surface area contributed by atoms with E-state index in [-0.39, 0.29) is 5.91 Å². The number of hydrogen-bond acceptors (Lipinski definition) is 3. The van der Waals surface area contributed by atoms with Gasteiger partial charge < -0.3 is 15.4 Å². The Kier molecular flexibility index (Phi) is 7.84. The SMILES string of the molecule is COCCNC(=O)CCNCCc1ccccc1. The van der Waals surface area contributed by atoms with E-state index in [0.29, 0.717) is 26.1 Å². The summed E-state index contributed by atoms with van der Waals surface area (Å²) >= 11 is 0. The van der Waals surface area contributed by atoms with E-state index in [2.05, 4.69) is 22.8 Å². The average Bonchev–Trinajstić information content (AvgIpc) is 2.40. The molecule has 0 fully saturated rings. The van der Waals surface area contributed by atoms with E-state index in [4.69, 9.17) is 4.74 Å². The molecule has 4 heteroatoms. The number of hydrogen-bond donors (Lipinski definition) is 2. The molecule has 1 amide bonds. The number of benzene rings is 1. The third kappa shape index (κ3) is 7.04. The van der Waals surface area contributed by atoms with Crippen LogP contribution in [0.25, 0.3) is 0 Å². The predicted molar refractivity (Wildman–Crippen MR) is 72.5 cm³/mol. The summed E-state index contributed by atoms with van der Waals surface area (Å²) in [7, 11) is 1.62. The summed E-state index contributed by atoms with van der Waals surface area (Å²) in [6, 6.07) is 10.3. The van der Waals surface area contributed by atoms with Crippen molar-refractivity contribution in [3.63, 3.8) is 0 Å². The first-order valence-corrected chi connectivity index (χ1v) is 6.33. The number of ether oxygens (including phenoxy) is 1. The van der Waals surface area contributed by atoms with Crippen LogP contribution < -0.4 is 10.6 Å². The van der Waals surface area contributed by atoms with Gasteiger partial charge in [-0.2, -0.15) is 0 Å². The molecule has 100 valence electrons. The Labute approximate surface area is 109 Å². The lowest BCUT2D eigenvalue weighted by Crippen LogP contribution is -2.30. The third-order valence-electron chi connectivity index (χ3n) is 2.59. The summed E-state index contributed by atoms with van der Waals surface area (Å²) in [6.45, 7) is 2.76. The molecule has 0 aromatic heterocycles. The average molecular weight is 250 g/mol. The quantitative estimate of drug-likeness (QED) is 0.642. The Morgan fingerprint density at radius 2 is 1.94 bits per heavy atom. The lowest BCUT2D eigenvalue weighted by molar-refractivity contribution is -0.121. The second kappa shape index (κ2) is 9.62. The van der Waals surface area contributed by atoms with Crippen molar-refractivity contribution >= 4 is 5.91 Å². The van der Waals surface area contributed by atoms with Gasteiger partial charge >= 0.3 is 0 Å². The topological polar surface area (TPSA) is 50.4 Å². The maximum atomic E-state index is 11.3. The molecule has 4 nitrogen and oxygen atoms in total. The van der Waals surface area contributed by atoms with Gasteiger partial charge in [0.2, 0.25) is 5.91 Å². The molecule has 0 aliphatic carbocycles. The highest BCUT2D eigenvalue weighted by Crippen LogP contribution is 1.97.